The number of hydrogen-bond donors (Lipinski definition) is 2. The topological polar surface area (TPSA) is 142 Å². The fraction of sp³-hybridized carbons (Fsp3) is 0.318. The molecule has 0 fully saturated rings. The van der Waals surface area contributed by atoms with Crippen molar-refractivity contribution in [1.82, 2.24) is 14.8 Å². The number of aryl methyl sites for hydroxylation is 1. The van der Waals surface area contributed by atoms with Crippen LogP contribution in [0.3, 0.4) is 0 Å². The second-order valence-electron chi connectivity index (χ2n) is 7.16. The van der Waals surface area contributed by atoms with Gasteiger partial charge in [-0.3, -0.25) is 19.5 Å². The number of carbonyl (C=O) groups excluding carboxylic acids is 3. The molecule has 0 radical (unpaired) electrons. The quantitative estimate of drug-likeness (QED) is 0.272. The Kier molecular flexibility index (Phi) is 7.54. The van der Waals surface area contributed by atoms with Crippen molar-refractivity contribution < 1.29 is 23.5 Å². The first-order valence-electron chi connectivity index (χ1n) is 10.2. The number of nitrogens with one attached hydrogen (secondary N) is 1. The maximum absolute atomic E-state index is 13.1. The van der Waals surface area contributed by atoms with Crippen LogP contribution in [0.5, 0.6) is 0 Å². The van der Waals surface area contributed by atoms with Gasteiger partial charge in [-0.15, -0.1) is 10.2 Å². The molecule has 0 saturated heterocycles. The van der Waals surface area contributed by atoms with Crippen LogP contribution < -0.4 is 11.1 Å². The van der Waals surface area contributed by atoms with Crippen molar-refractivity contribution in [3.63, 3.8) is 0 Å². The summed E-state index contributed by atoms with van der Waals surface area (Å²) in [6.07, 6.45) is 0. The van der Waals surface area contributed by atoms with E-state index in [1.807, 2.05) is 30.3 Å². The van der Waals surface area contributed by atoms with E-state index in [9.17, 15) is 14.4 Å². The van der Waals surface area contributed by atoms with Gasteiger partial charge in [-0.2, -0.15) is 0 Å². The predicted octanol–water partition coefficient (Wildman–Crippen LogP) is 3.63. The molecule has 0 saturated carbocycles. The number of benzene rings is 1. The lowest BCUT2D eigenvalue weighted by Gasteiger charge is -2.16. The first-order chi connectivity index (χ1) is 15.7. The number of thioether (sulfide) groups is 1. The third kappa shape index (κ3) is 5.25. The minimum Gasteiger partial charge on any atom is -0.462 e. The number of hydrogen-bond acceptors (Lipinski definition) is 9. The van der Waals surface area contributed by atoms with Crippen molar-refractivity contribution >= 4 is 41.3 Å². The van der Waals surface area contributed by atoms with Gasteiger partial charge in [-0.05, 0) is 33.3 Å². The molecule has 0 aliphatic carbocycles. The number of aromatic nitrogens is 3. The average molecular weight is 472 g/mol. The summed E-state index contributed by atoms with van der Waals surface area (Å²) in [4.78, 5) is 37.6. The van der Waals surface area contributed by atoms with Crippen molar-refractivity contribution in [2.24, 2.45) is 0 Å². The standard InChI is InChI=1S/C22H25N5O5S/c1-5-31-20(30)17-16(13(3)28)14(4)32-19(17)24-18(29)12(2)27-21(23)25-26-22(27)33-11-15-9-7-6-8-10-15/h6-10,12H,5,11H2,1-4H3,(H2,23,25)(H,24,29). The van der Waals surface area contributed by atoms with E-state index >= 15 is 0 Å². The van der Waals surface area contributed by atoms with Gasteiger partial charge in [0.15, 0.2) is 10.9 Å². The summed E-state index contributed by atoms with van der Waals surface area (Å²) in [5.74, 6) is -0.938. The van der Waals surface area contributed by atoms with Crippen LogP contribution in [-0.2, 0) is 15.3 Å². The lowest BCUT2D eigenvalue weighted by atomic mass is 10.1. The number of carbonyl (C=O) groups is 3. The van der Waals surface area contributed by atoms with E-state index in [4.69, 9.17) is 14.9 Å². The monoisotopic (exact) mass is 471 g/mol. The summed E-state index contributed by atoms with van der Waals surface area (Å²) in [7, 11) is 0. The highest BCUT2D eigenvalue weighted by Crippen LogP contribution is 2.31. The number of rotatable bonds is 9. The number of ether oxygens (including phenoxy) is 1. The van der Waals surface area contributed by atoms with Crippen LogP contribution >= 0.6 is 11.8 Å². The molecule has 33 heavy (non-hydrogen) atoms. The minimum atomic E-state index is -0.834. The van der Waals surface area contributed by atoms with Gasteiger partial charge in [0.1, 0.15) is 17.4 Å². The van der Waals surface area contributed by atoms with E-state index in [1.165, 1.54) is 30.2 Å². The molecule has 1 atom stereocenters. The zero-order valence-corrected chi connectivity index (χ0v) is 19.6. The van der Waals surface area contributed by atoms with E-state index < -0.39 is 17.9 Å². The van der Waals surface area contributed by atoms with Crippen LogP contribution in [0, 0.1) is 6.92 Å². The SMILES string of the molecule is CCOC(=O)c1c(NC(=O)C(C)n2c(N)nnc2SCc2ccccc2)oc(C)c1C(C)=O. The van der Waals surface area contributed by atoms with Crippen LogP contribution in [-0.4, -0.2) is 39.0 Å². The number of furan rings is 1. The van der Waals surface area contributed by atoms with Crippen molar-refractivity contribution in [3.05, 3.63) is 52.8 Å². The molecule has 3 N–H and O–H groups in total. The maximum Gasteiger partial charge on any atom is 0.344 e. The lowest BCUT2D eigenvalue weighted by Crippen LogP contribution is -2.26. The molecule has 1 amide bonds. The third-order valence-electron chi connectivity index (χ3n) is 4.82. The molecule has 174 valence electrons. The number of nitrogens with two attached hydrogens (primary N) is 1. The Morgan fingerprint density at radius 3 is 2.55 bits per heavy atom. The molecule has 2 heterocycles. The molecule has 11 heteroatoms. The van der Waals surface area contributed by atoms with Gasteiger partial charge in [0.25, 0.3) is 0 Å². The van der Waals surface area contributed by atoms with Gasteiger partial charge in [0, 0.05) is 5.75 Å². The molecule has 0 spiro atoms. The number of Topliss-reactive ketones (excluding diaryl/α,β-unsaturated/α-hetero) is 1. The largest absolute Gasteiger partial charge is 0.462 e. The molecular formula is C22H25N5O5S. The number of anilines is 2. The van der Waals surface area contributed by atoms with Crippen molar-refractivity contribution in [2.75, 3.05) is 17.7 Å². The number of nitrogen functional groups attached to an aromatic ring is 1. The molecule has 3 rings (SSSR count). The highest BCUT2D eigenvalue weighted by molar-refractivity contribution is 7.98. The number of amides is 1. The smallest absolute Gasteiger partial charge is 0.344 e. The molecule has 10 nitrogen and oxygen atoms in total. The van der Waals surface area contributed by atoms with Crippen molar-refractivity contribution in [3.8, 4) is 0 Å². The van der Waals surface area contributed by atoms with Crippen molar-refractivity contribution in [2.45, 2.75) is 44.6 Å². The second-order valence-corrected chi connectivity index (χ2v) is 8.11. The Morgan fingerprint density at radius 2 is 1.91 bits per heavy atom. The maximum atomic E-state index is 13.1. The summed E-state index contributed by atoms with van der Waals surface area (Å²) < 4.78 is 12.1. The Hall–Kier alpha value is -3.60. The lowest BCUT2D eigenvalue weighted by molar-refractivity contribution is -0.119. The summed E-state index contributed by atoms with van der Waals surface area (Å²) in [5.41, 5.74) is 7.02. The zero-order valence-electron chi connectivity index (χ0n) is 18.7. The normalized spacial score (nSPS) is 11.8. The molecule has 1 unspecified atom stereocenters. The van der Waals surface area contributed by atoms with Gasteiger partial charge in [0.2, 0.25) is 17.7 Å². The van der Waals surface area contributed by atoms with Gasteiger partial charge in [-0.1, -0.05) is 42.1 Å². The van der Waals surface area contributed by atoms with E-state index in [0.717, 1.165) is 5.56 Å². The molecule has 0 aliphatic heterocycles. The number of ketones is 1. The Balaban J connectivity index is 1.85. The highest BCUT2D eigenvalue weighted by atomic mass is 32.2. The van der Waals surface area contributed by atoms with Gasteiger partial charge >= 0.3 is 5.97 Å². The Labute approximate surface area is 194 Å². The van der Waals surface area contributed by atoms with Crippen LogP contribution in [0.25, 0.3) is 0 Å². The van der Waals surface area contributed by atoms with Crippen LogP contribution in [0.1, 0.15) is 58.9 Å². The summed E-state index contributed by atoms with van der Waals surface area (Å²) in [6.45, 7) is 6.20. The molecule has 0 bridgehead atoms. The van der Waals surface area contributed by atoms with Gasteiger partial charge < -0.3 is 14.9 Å². The first-order valence-corrected chi connectivity index (χ1v) is 11.2. The minimum absolute atomic E-state index is 0.0684. The Bertz CT molecular complexity index is 1170. The molecule has 1 aromatic carbocycles. The zero-order chi connectivity index (χ0) is 24.1. The van der Waals surface area contributed by atoms with E-state index in [2.05, 4.69) is 15.5 Å². The fourth-order valence-corrected chi connectivity index (χ4v) is 4.24. The van der Waals surface area contributed by atoms with E-state index in [1.54, 1.807) is 13.8 Å². The van der Waals surface area contributed by atoms with Crippen molar-refractivity contribution in [1.29, 1.82) is 0 Å². The van der Waals surface area contributed by atoms with Crippen LogP contribution in [0.4, 0.5) is 11.8 Å². The molecule has 2 aromatic heterocycles. The number of esters is 1. The van der Waals surface area contributed by atoms with E-state index in [-0.39, 0.29) is 41.1 Å². The average Bonchev–Trinajstić information content (AvgIpc) is 3.31. The molecule has 3 aromatic rings. The number of nitrogens with zero attached hydrogens (tertiary/aromatic N) is 3. The second kappa shape index (κ2) is 10.3. The van der Waals surface area contributed by atoms with Gasteiger partial charge in [0.05, 0.1) is 12.2 Å². The van der Waals surface area contributed by atoms with E-state index in [0.29, 0.717) is 10.9 Å². The third-order valence-corrected chi connectivity index (χ3v) is 5.84. The molecule has 0 aliphatic rings. The molecular weight excluding hydrogens is 446 g/mol. The van der Waals surface area contributed by atoms with Crippen LogP contribution in [0.2, 0.25) is 0 Å². The Morgan fingerprint density at radius 1 is 1.21 bits per heavy atom. The van der Waals surface area contributed by atoms with Crippen LogP contribution in [0.15, 0.2) is 39.9 Å². The summed E-state index contributed by atoms with van der Waals surface area (Å²) >= 11 is 1.39. The summed E-state index contributed by atoms with van der Waals surface area (Å²) in [6, 6.07) is 8.94. The first kappa shape index (κ1) is 24.1. The fourth-order valence-electron chi connectivity index (χ4n) is 3.26. The predicted molar refractivity (Wildman–Crippen MR) is 123 cm³/mol. The van der Waals surface area contributed by atoms with Gasteiger partial charge in [-0.25, -0.2) is 4.79 Å². The highest BCUT2D eigenvalue weighted by Gasteiger charge is 2.30. The summed E-state index contributed by atoms with van der Waals surface area (Å²) in [5, 5.41) is 11.0.